The van der Waals surface area contributed by atoms with Crippen LogP contribution in [-0.2, 0) is 43.3 Å². The van der Waals surface area contributed by atoms with Crippen LogP contribution >= 0.6 is 12.4 Å². The van der Waals surface area contributed by atoms with Gasteiger partial charge in [-0.05, 0) is 149 Å². The molecule has 0 saturated carbocycles. The standard InChI is InChI=1S/2C17H19FN4O.C10H10FNO2.C7H11N3.ClH/c18-10-5-6-11-12(7-8-20-14(11)9-10)17(23)22-15-4-2-1-3-13(15)16(19)21-22;18-10-5-6-11-12(7-8-20-15(11)9-10)17(23)22-16(19)13-3-1-2-4-14(13)21-22;11-6-1-2-7-8(10(13)14)3-4-12-9(7)5-6;8-7-5-3-1-2-4-6(5)9-10-7;/h5-6,9,12,20H,1-4,7-8H2,(H2,19,21);5-6,9,12,20H,1-4,7-8,19H2;1-2,5,8,12H,3-4H2,(H,13,14);1-4H2,(H3,8,9,10);1H. The van der Waals surface area contributed by atoms with Crippen molar-refractivity contribution in [1.29, 1.82) is 0 Å². The summed E-state index contributed by atoms with van der Waals surface area (Å²) < 4.78 is 42.5. The van der Waals surface area contributed by atoms with Crippen molar-refractivity contribution in [3.8, 4) is 0 Å². The predicted octanol–water partition coefficient (Wildman–Crippen LogP) is 8.55. The van der Waals surface area contributed by atoms with Gasteiger partial charge in [-0.1, -0.05) is 18.2 Å². The first-order valence-electron chi connectivity index (χ1n) is 24.3. The number of nitrogens with two attached hydrogens (primary N) is 3. The smallest absolute Gasteiger partial charge is 0.311 e. The summed E-state index contributed by atoms with van der Waals surface area (Å²) in [4.78, 5) is 36.9. The second-order valence-corrected chi connectivity index (χ2v) is 18.6. The Labute approximate surface area is 415 Å². The van der Waals surface area contributed by atoms with Crippen LogP contribution < -0.4 is 33.2 Å². The van der Waals surface area contributed by atoms with Gasteiger partial charge >= 0.3 is 5.97 Å². The van der Waals surface area contributed by atoms with Crippen molar-refractivity contribution in [3.05, 3.63) is 123 Å². The number of halogens is 4. The van der Waals surface area contributed by atoms with Crippen molar-refractivity contribution in [3.63, 3.8) is 0 Å². The van der Waals surface area contributed by atoms with Crippen LogP contribution in [0.5, 0.6) is 0 Å². The van der Waals surface area contributed by atoms with Gasteiger partial charge in [-0.15, -0.1) is 17.5 Å². The number of aromatic amines is 1. The summed E-state index contributed by atoms with van der Waals surface area (Å²) in [7, 11) is 0. The number of rotatable bonds is 3. The lowest BCUT2D eigenvalue weighted by Gasteiger charge is -2.26. The first kappa shape index (κ1) is 50.4. The second kappa shape index (κ2) is 22.0. The van der Waals surface area contributed by atoms with Crippen LogP contribution in [0.4, 0.5) is 47.7 Å². The molecule has 6 heterocycles. The number of anilines is 6. The fourth-order valence-electron chi connectivity index (χ4n) is 10.6. The number of aromatic nitrogens is 6. The van der Waals surface area contributed by atoms with E-state index < -0.39 is 11.9 Å². The quantitative estimate of drug-likeness (QED) is 0.0829. The van der Waals surface area contributed by atoms with Crippen LogP contribution in [0, 0.1) is 17.5 Å². The molecule has 12 rings (SSSR count). The maximum Gasteiger partial charge on any atom is 0.311 e. The lowest BCUT2D eigenvalue weighted by molar-refractivity contribution is -0.139. The number of nitrogen functional groups attached to an aromatic ring is 3. The van der Waals surface area contributed by atoms with Crippen LogP contribution in [-0.4, -0.2) is 72.3 Å². The van der Waals surface area contributed by atoms with E-state index in [0.29, 0.717) is 79.0 Å². The third kappa shape index (κ3) is 10.7. The molecular weight excluding hydrogens is 937 g/mol. The third-order valence-electron chi connectivity index (χ3n) is 14.2. The number of H-pyrrole nitrogens is 1. The van der Waals surface area contributed by atoms with E-state index in [1.807, 2.05) is 0 Å². The van der Waals surface area contributed by atoms with Gasteiger partial charge in [-0.25, -0.2) is 17.9 Å². The van der Waals surface area contributed by atoms with Crippen molar-refractivity contribution in [2.75, 3.05) is 52.8 Å². The molecule has 3 unspecified atom stereocenters. The summed E-state index contributed by atoms with van der Waals surface area (Å²) in [6.07, 6.45) is 14.5. The van der Waals surface area contributed by atoms with Gasteiger partial charge in [0.25, 0.3) is 11.8 Å². The minimum absolute atomic E-state index is 0. The van der Waals surface area contributed by atoms with Gasteiger partial charge in [0.05, 0.1) is 29.1 Å². The van der Waals surface area contributed by atoms with Crippen molar-refractivity contribution in [1.82, 2.24) is 29.8 Å². The molecule has 71 heavy (non-hydrogen) atoms. The van der Waals surface area contributed by atoms with Crippen LogP contribution in [0.15, 0.2) is 54.6 Å². The number of aliphatic carboxylic acids is 1. The zero-order valence-corrected chi connectivity index (χ0v) is 40.2. The number of fused-ring (bicyclic) bond motifs is 6. The minimum Gasteiger partial charge on any atom is -0.481 e. The van der Waals surface area contributed by atoms with Crippen LogP contribution in [0.2, 0.25) is 0 Å². The highest BCUT2D eigenvalue weighted by Gasteiger charge is 2.34. The van der Waals surface area contributed by atoms with E-state index in [1.54, 1.807) is 12.1 Å². The highest BCUT2D eigenvalue weighted by Crippen LogP contribution is 2.37. The molecule has 0 fully saturated rings. The Morgan fingerprint density at radius 3 is 1.56 bits per heavy atom. The van der Waals surface area contributed by atoms with E-state index in [0.717, 1.165) is 97.8 Å². The molecule has 0 amide bonds. The number of hydrogen-bond donors (Lipinski definition) is 8. The van der Waals surface area contributed by atoms with Gasteiger partial charge in [0.1, 0.15) is 34.9 Å². The number of benzene rings is 3. The Hall–Kier alpha value is -7.02. The zero-order valence-electron chi connectivity index (χ0n) is 39.3. The molecule has 0 spiro atoms. The predicted molar refractivity (Wildman–Crippen MR) is 269 cm³/mol. The fraction of sp³-hybridized carbons (Fsp3) is 0.412. The molecule has 3 atom stereocenters. The average molecular weight is 998 g/mol. The van der Waals surface area contributed by atoms with E-state index in [2.05, 4.69) is 36.3 Å². The van der Waals surface area contributed by atoms with Crippen LogP contribution in [0.3, 0.4) is 0 Å². The molecule has 376 valence electrons. The molecule has 3 aromatic heterocycles. The fourth-order valence-corrected chi connectivity index (χ4v) is 10.6. The van der Waals surface area contributed by atoms with Crippen LogP contribution in [0.25, 0.3) is 0 Å². The van der Waals surface area contributed by atoms with Gasteiger partial charge in [0, 0.05) is 59.1 Å². The largest absolute Gasteiger partial charge is 0.481 e. The Balaban J connectivity index is 0.000000132. The molecule has 6 aliphatic rings. The topological polar surface area (TPSA) is 250 Å². The van der Waals surface area contributed by atoms with Gasteiger partial charge in [-0.2, -0.15) is 14.9 Å². The number of aryl methyl sites for hydroxylation is 2. The molecule has 6 aromatic rings. The van der Waals surface area contributed by atoms with E-state index in [1.165, 1.54) is 75.9 Å². The van der Waals surface area contributed by atoms with Gasteiger partial charge < -0.3 is 38.3 Å². The van der Waals surface area contributed by atoms with Gasteiger partial charge in [0.15, 0.2) is 0 Å². The average Bonchev–Trinajstić information content (AvgIpc) is 4.04. The lowest BCUT2D eigenvalue weighted by Crippen LogP contribution is -2.29. The molecule has 3 aliphatic carbocycles. The maximum absolute atomic E-state index is 13.4. The molecule has 0 bridgehead atoms. The summed E-state index contributed by atoms with van der Waals surface area (Å²) in [6.45, 7) is 1.85. The van der Waals surface area contributed by atoms with E-state index in [4.69, 9.17) is 22.3 Å². The molecular formula is C51H60ClF3N12O4. The summed E-state index contributed by atoms with van der Waals surface area (Å²) in [5, 5.41) is 33.9. The number of nitrogens with zero attached hydrogens (tertiary/aromatic N) is 5. The molecule has 0 saturated heterocycles. The first-order chi connectivity index (χ1) is 33.9. The summed E-state index contributed by atoms with van der Waals surface area (Å²) >= 11 is 0. The highest BCUT2D eigenvalue weighted by molar-refractivity contribution is 5.91. The lowest BCUT2D eigenvalue weighted by atomic mass is 9.89. The van der Waals surface area contributed by atoms with Crippen molar-refractivity contribution >= 4 is 64.7 Å². The molecule has 20 heteroatoms. The van der Waals surface area contributed by atoms with E-state index >= 15 is 0 Å². The summed E-state index contributed by atoms with van der Waals surface area (Å²) in [5.41, 5.74) is 28.6. The Morgan fingerprint density at radius 1 is 0.563 bits per heavy atom. The van der Waals surface area contributed by atoms with Crippen molar-refractivity contribution in [2.45, 2.75) is 114 Å². The Bertz CT molecular complexity index is 2930. The van der Waals surface area contributed by atoms with Gasteiger partial charge in [-0.3, -0.25) is 19.5 Å². The first-order valence-corrected chi connectivity index (χ1v) is 24.3. The number of carboxylic acid groups (broad SMARTS) is 1. The zero-order chi connectivity index (χ0) is 49.1. The number of nitrogens with one attached hydrogen (secondary N) is 4. The van der Waals surface area contributed by atoms with Gasteiger partial charge in [0.2, 0.25) is 0 Å². The third-order valence-corrected chi connectivity index (χ3v) is 14.2. The molecule has 16 nitrogen and oxygen atoms in total. The molecule has 0 radical (unpaired) electrons. The van der Waals surface area contributed by atoms with E-state index in [-0.39, 0.29) is 53.5 Å². The SMILES string of the molecule is Cl.Nc1c2c(nn1C(=O)C1CCNc3cc(F)ccc31)CCCC2.Nc1n[nH]c2c1CCCC2.Nc1nn(C(=O)C2CCNc3cc(F)ccc32)c2c1CCCC2.O=C(O)C1CCNc2cc(F)ccc21. The monoisotopic (exact) mass is 996 g/mol. The minimum atomic E-state index is -0.848. The summed E-state index contributed by atoms with van der Waals surface area (Å²) in [6, 6.07) is 13.2. The number of hydrogen-bond acceptors (Lipinski definition) is 12. The number of carbonyl (C=O) groups excluding carboxylic acids is 2. The summed E-state index contributed by atoms with van der Waals surface area (Å²) in [5.74, 6) is -1.48. The maximum atomic E-state index is 13.4. The number of carboxylic acids is 1. The van der Waals surface area contributed by atoms with Crippen molar-refractivity contribution in [2.24, 2.45) is 0 Å². The molecule has 3 aliphatic heterocycles. The Morgan fingerprint density at radius 2 is 1.03 bits per heavy atom. The second-order valence-electron chi connectivity index (χ2n) is 18.6. The number of carbonyl (C=O) groups is 3. The molecule has 3 aromatic carbocycles. The van der Waals surface area contributed by atoms with Crippen molar-refractivity contribution < 1.29 is 32.7 Å². The normalized spacial score (nSPS) is 18.9. The highest BCUT2D eigenvalue weighted by atomic mass is 35.5. The van der Waals surface area contributed by atoms with E-state index in [9.17, 15) is 27.6 Å². The molecule has 11 N–H and O–H groups in total. The Kier molecular flexibility index (Phi) is 15.6. The van der Waals surface area contributed by atoms with Crippen LogP contribution in [0.1, 0.15) is 136 Å².